The van der Waals surface area contributed by atoms with Crippen LogP contribution in [0.3, 0.4) is 0 Å². The van der Waals surface area contributed by atoms with Gasteiger partial charge in [0.15, 0.2) is 0 Å². The molecule has 0 aliphatic carbocycles. The molecule has 1 N–H and O–H groups in total. The van der Waals surface area contributed by atoms with Gasteiger partial charge in [0.1, 0.15) is 5.82 Å². The Balaban J connectivity index is 1.49. The number of rotatable bonds is 3. The number of fused-ring (bicyclic) bond motifs is 1. The van der Waals surface area contributed by atoms with Crippen LogP contribution in [0.25, 0.3) is 10.9 Å². The predicted molar refractivity (Wildman–Crippen MR) is 92.6 cm³/mol. The van der Waals surface area contributed by atoms with Crippen molar-refractivity contribution < 1.29 is 0 Å². The molecule has 1 atom stereocenters. The molecule has 0 radical (unpaired) electrons. The Labute approximate surface area is 135 Å². The Hall–Kier alpha value is -2.69. The molecule has 1 aliphatic heterocycles. The highest BCUT2D eigenvalue weighted by Gasteiger charge is 2.21. The normalized spacial score (nSPS) is 18.1. The van der Waals surface area contributed by atoms with Crippen molar-refractivity contribution in [3.05, 3.63) is 54.9 Å². The van der Waals surface area contributed by atoms with Gasteiger partial charge in [0.2, 0.25) is 5.95 Å². The summed E-state index contributed by atoms with van der Waals surface area (Å²) in [5.41, 5.74) is 1.02. The first-order valence-corrected chi connectivity index (χ1v) is 8.03. The third-order valence-electron chi connectivity index (χ3n) is 4.21. The van der Waals surface area contributed by atoms with Gasteiger partial charge in [-0.2, -0.15) is 0 Å². The van der Waals surface area contributed by atoms with Crippen molar-refractivity contribution in [1.29, 1.82) is 0 Å². The number of anilines is 2. The maximum atomic E-state index is 4.71. The summed E-state index contributed by atoms with van der Waals surface area (Å²) in [5.74, 6) is 1.75. The molecule has 0 spiro atoms. The van der Waals surface area contributed by atoms with Gasteiger partial charge in [-0.3, -0.25) is 0 Å². The zero-order valence-electron chi connectivity index (χ0n) is 12.9. The topological polar surface area (TPSA) is 53.9 Å². The number of hydrogen-bond acceptors (Lipinski definition) is 5. The predicted octanol–water partition coefficient (Wildman–Crippen LogP) is 3.11. The van der Waals surface area contributed by atoms with Gasteiger partial charge in [-0.25, -0.2) is 15.0 Å². The minimum Gasteiger partial charge on any atom is -0.366 e. The molecular weight excluding hydrogens is 286 g/mol. The smallest absolute Gasteiger partial charge is 0.225 e. The summed E-state index contributed by atoms with van der Waals surface area (Å²) in [4.78, 5) is 15.7. The summed E-state index contributed by atoms with van der Waals surface area (Å²) < 4.78 is 0. The average molecular weight is 305 g/mol. The van der Waals surface area contributed by atoms with Crippen LogP contribution in [0.4, 0.5) is 11.8 Å². The maximum absolute atomic E-state index is 4.71. The second-order valence-corrected chi connectivity index (χ2v) is 5.87. The molecule has 1 saturated heterocycles. The van der Waals surface area contributed by atoms with E-state index in [1.165, 1.54) is 5.39 Å². The number of aromatic nitrogens is 3. The van der Waals surface area contributed by atoms with Crippen molar-refractivity contribution in [3.8, 4) is 0 Å². The molecule has 4 rings (SSSR count). The molecule has 0 amide bonds. The first-order chi connectivity index (χ1) is 11.4. The monoisotopic (exact) mass is 305 g/mol. The van der Waals surface area contributed by atoms with Crippen LogP contribution < -0.4 is 10.2 Å². The molecule has 5 heteroatoms. The highest BCUT2D eigenvalue weighted by Crippen LogP contribution is 2.20. The summed E-state index contributed by atoms with van der Waals surface area (Å²) in [5, 5.41) is 4.73. The number of benzene rings is 1. The molecule has 0 bridgehead atoms. The van der Waals surface area contributed by atoms with Gasteiger partial charge in [-0.1, -0.05) is 18.2 Å². The highest BCUT2D eigenvalue weighted by atomic mass is 15.3. The number of piperidine rings is 1. The molecule has 1 aliphatic rings. The fourth-order valence-corrected chi connectivity index (χ4v) is 3.09. The molecule has 1 unspecified atom stereocenters. The number of nitrogens with one attached hydrogen (secondary N) is 1. The van der Waals surface area contributed by atoms with E-state index in [4.69, 9.17) is 4.98 Å². The number of nitrogens with zero attached hydrogens (tertiary/aromatic N) is 4. The number of para-hydroxylation sites is 1. The van der Waals surface area contributed by atoms with Crippen molar-refractivity contribution in [1.82, 2.24) is 15.0 Å². The fraction of sp³-hybridized carbons (Fsp3) is 0.278. The average Bonchev–Trinajstić information content (AvgIpc) is 2.63. The van der Waals surface area contributed by atoms with Crippen LogP contribution in [0.1, 0.15) is 12.8 Å². The quantitative estimate of drug-likeness (QED) is 0.806. The van der Waals surface area contributed by atoms with Gasteiger partial charge in [0.25, 0.3) is 0 Å². The Morgan fingerprint density at radius 1 is 1.00 bits per heavy atom. The van der Waals surface area contributed by atoms with E-state index >= 15 is 0 Å². The lowest BCUT2D eigenvalue weighted by molar-refractivity contribution is 0.522. The summed E-state index contributed by atoms with van der Waals surface area (Å²) in [7, 11) is 0. The van der Waals surface area contributed by atoms with E-state index in [-0.39, 0.29) is 0 Å². The van der Waals surface area contributed by atoms with Gasteiger partial charge in [-0.15, -0.1) is 0 Å². The van der Waals surface area contributed by atoms with Crippen LogP contribution in [0.15, 0.2) is 54.9 Å². The lowest BCUT2D eigenvalue weighted by atomic mass is 10.1. The van der Waals surface area contributed by atoms with E-state index < -0.39 is 0 Å². The third-order valence-corrected chi connectivity index (χ3v) is 4.21. The van der Waals surface area contributed by atoms with Crippen LogP contribution in [-0.2, 0) is 0 Å². The van der Waals surface area contributed by atoms with Gasteiger partial charge in [-0.05, 0) is 37.1 Å². The first-order valence-electron chi connectivity index (χ1n) is 8.03. The van der Waals surface area contributed by atoms with Crippen molar-refractivity contribution in [2.24, 2.45) is 0 Å². The summed E-state index contributed by atoms with van der Waals surface area (Å²) in [6.45, 7) is 1.91. The molecule has 0 saturated carbocycles. The molecule has 23 heavy (non-hydrogen) atoms. The van der Waals surface area contributed by atoms with E-state index in [1.54, 1.807) is 12.4 Å². The molecule has 116 valence electrons. The van der Waals surface area contributed by atoms with Gasteiger partial charge in [0.05, 0.1) is 5.52 Å². The second kappa shape index (κ2) is 6.20. The van der Waals surface area contributed by atoms with Crippen LogP contribution in [0.5, 0.6) is 0 Å². The highest BCUT2D eigenvalue weighted by molar-refractivity contribution is 5.80. The SMILES string of the molecule is c1cnc(N2CCCC(Nc3ccc4ccccc4n3)C2)nc1. The molecule has 3 heterocycles. The van der Waals surface area contributed by atoms with E-state index in [1.807, 2.05) is 24.3 Å². The first kappa shape index (κ1) is 13.9. The summed E-state index contributed by atoms with van der Waals surface area (Å²) in [6, 6.07) is 14.6. The zero-order valence-corrected chi connectivity index (χ0v) is 12.9. The van der Waals surface area contributed by atoms with Crippen LogP contribution in [0.2, 0.25) is 0 Å². The van der Waals surface area contributed by atoms with Gasteiger partial charge >= 0.3 is 0 Å². The molecule has 1 aromatic carbocycles. The van der Waals surface area contributed by atoms with Crippen molar-refractivity contribution >= 4 is 22.7 Å². The molecule has 3 aromatic rings. The summed E-state index contributed by atoms with van der Waals surface area (Å²) >= 11 is 0. The largest absolute Gasteiger partial charge is 0.366 e. The van der Waals surface area contributed by atoms with Crippen molar-refractivity contribution in [2.75, 3.05) is 23.3 Å². The molecule has 1 fully saturated rings. The Morgan fingerprint density at radius 2 is 1.87 bits per heavy atom. The maximum Gasteiger partial charge on any atom is 0.225 e. The van der Waals surface area contributed by atoms with E-state index in [0.29, 0.717) is 6.04 Å². The molecule has 5 nitrogen and oxygen atoms in total. The van der Waals surface area contributed by atoms with Crippen molar-refractivity contribution in [3.63, 3.8) is 0 Å². The standard InChI is InChI=1S/C18H19N5/c1-2-7-16-14(5-1)8-9-17(22-16)21-15-6-3-12-23(13-15)18-19-10-4-11-20-18/h1-2,4-5,7-11,15H,3,6,12-13H2,(H,21,22). The number of hydrogen-bond donors (Lipinski definition) is 1. The number of pyridine rings is 1. The second-order valence-electron chi connectivity index (χ2n) is 5.87. The van der Waals surface area contributed by atoms with Crippen molar-refractivity contribution in [2.45, 2.75) is 18.9 Å². The van der Waals surface area contributed by atoms with Crippen LogP contribution >= 0.6 is 0 Å². The lowest BCUT2D eigenvalue weighted by Gasteiger charge is -2.33. The summed E-state index contributed by atoms with van der Waals surface area (Å²) in [6.07, 6.45) is 5.86. The third kappa shape index (κ3) is 3.08. The lowest BCUT2D eigenvalue weighted by Crippen LogP contribution is -2.43. The fourth-order valence-electron chi connectivity index (χ4n) is 3.09. The Morgan fingerprint density at radius 3 is 2.78 bits per heavy atom. The van der Waals surface area contributed by atoms with Gasteiger partial charge < -0.3 is 10.2 Å². The van der Waals surface area contributed by atoms with Gasteiger partial charge in [0, 0.05) is 36.9 Å². The Kier molecular flexibility index (Phi) is 3.76. The van der Waals surface area contributed by atoms with Crippen LogP contribution in [-0.4, -0.2) is 34.1 Å². The minimum absolute atomic E-state index is 0.362. The Bertz CT molecular complexity index is 790. The molecular formula is C18H19N5. The van der Waals surface area contributed by atoms with Crippen LogP contribution in [0, 0.1) is 0 Å². The molecule has 2 aromatic heterocycles. The zero-order chi connectivity index (χ0) is 15.5. The minimum atomic E-state index is 0.362. The van der Waals surface area contributed by atoms with E-state index in [2.05, 4.69) is 38.4 Å². The van der Waals surface area contributed by atoms with E-state index in [0.717, 1.165) is 43.2 Å². The van der Waals surface area contributed by atoms with E-state index in [9.17, 15) is 0 Å².